The Bertz CT molecular complexity index is 2830. The summed E-state index contributed by atoms with van der Waals surface area (Å²) in [5.41, 5.74) is 9.76. The molecule has 0 amide bonds. The minimum Gasteiger partial charge on any atom is -0.316 e. The number of para-hydroxylation sites is 3. The molecule has 0 bridgehead atoms. The van der Waals surface area contributed by atoms with E-state index < -0.39 is 0 Å². The molecule has 0 radical (unpaired) electrons. The highest BCUT2D eigenvalue weighted by molar-refractivity contribution is 6.13. The van der Waals surface area contributed by atoms with Gasteiger partial charge in [0.05, 0.1) is 27.8 Å². The van der Waals surface area contributed by atoms with Crippen molar-refractivity contribution in [1.82, 2.24) is 19.1 Å². The lowest BCUT2D eigenvalue weighted by Crippen LogP contribution is -2.03. The number of nitrogens with zero attached hydrogens (tertiary/aromatic N) is 4. The zero-order valence-corrected chi connectivity index (χ0v) is 26.0. The molecule has 0 atom stereocenters. The summed E-state index contributed by atoms with van der Waals surface area (Å²) < 4.78 is 4.48. The van der Waals surface area contributed by atoms with E-state index in [0.717, 1.165) is 44.4 Å². The van der Waals surface area contributed by atoms with Crippen LogP contribution in [-0.4, -0.2) is 19.1 Å². The molecule has 224 valence electrons. The van der Waals surface area contributed by atoms with Crippen molar-refractivity contribution in [3.63, 3.8) is 0 Å². The van der Waals surface area contributed by atoms with Gasteiger partial charge >= 0.3 is 0 Å². The first-order chi connectivity index (χ1) is 23.8. The van der Waals surface area contributed by atoms with Gasteiger partial charge in [-0.1, -0.05) is 109 Å². The number of fused-ring (bicyclic) bond motifs is 6. The van der Waals surface area contributed by atoms with Crippen LogP contribution in [0.1, 0.15) is 0 Å². The average Bonchev–Trinajstić information content (AvgIpc) is 3.72. The molecule has 0 aliphatic rings. The fourth-order valence-electron chi connectivity index (χ4n) is 7.21. The quantitative estimate of drug-likeness (QED) is 0.198. The van der Waals surface area contributed by atoms with Crippen molar-refractivity contribution in [2.75, 3.05) is 0 Å². The highest BCUT2D eigenvalue weighted by atomic mass is 15.2. The van der Waals surface area contributed by atoms with Gasteiger partial charge in [-0.15, -0.1) is 0 Å². The Morgan fingerprint density at radius 1 is 0.396 bits per heavy atom. The first kappa shape index (κ1) is 26.7. The molecular formula is C44H28N4. The van der Waals surface area contributed by atoms with Gasteiger partial charge in [0.1, 0.15) is 0 Å². The second kappa shape index (κ2) is 10.5. The Labute approximate surface area is 276 Å². The fraction of sp³-hybridized carbons (Fsp3) is 0. The summed E-state index contributed by atoms with van der Waals surface area (Å²) in [5, 5.41) is 6.97. The summed E-state index contributed by atoms with van der Waals surface area (Å²) in [7, 11) is 0. The molecule has 10 aromatic rings. The molecule has 48 heavy (non-hydrogen) atoms. The van der Waals surface area contributed by atoms with E-state index in [1.807, 2.05) is 0 Å². The number of hydrogen-bond acceptors (Lipinski definition) is 2. The van der Waals surface area contributed by atoms with E-state index in [1.54, 1.807) is 0 Å². The maximum Gasteiger partial charge on any atom is 0.235 e. The Hall–Kier alpha value is -6.52. The molecule has 0 saturated carbocycles. The van der Waals surface area contributed by atoms with Gasteiger partial charge in [-0.2, -0.15) is 0 Å². The normalized spacial score (nSPS) is 11.8. The minimum absolute atomic E-state index is 0.659. The van der Waals surface area contributed by atoms with Crippen LogP contribution >= 0.6 is 0 Å². The lowest BCUT2D eigenvalue weighted by molar-refractivity contribution is 1.01. The summed E-state index contributed by atoms with van der Waals surface area (Å²) in [6.45, 7) is 0. The van der Waals surface area contributed by atoms with Gasteiger partial charge in [0.2, 0.25) is 5.95 Å². The van der Waals surface area contributed by atoms with E-state index in [-0.39, 0.29) is 0 Å². The molecule has 0 aliphatic carbocycles. The third-order valence-electron chi connectivity index (χ3n) is 9.53. The van der Waals surface area contributed by atoms with Crippen LogP contribution in [0, 0.1) is 0 Å². The van der Waals surface area contributed by atoms with Crippen molar-refractivity contribution >= 4 is 54.4 Å². The van der Waals surface area contributed by atoms with E-state index in [9.17, 15) is 0 Å². The summed E-state index contributed by atoms with van der Waals surface area (Å²) in [5.74, 6) is 0.659. The van der Waals surface area contributed by atoms with Gasteiger partial charge < -0.3 is 4.57 Å². The lowest BCUT2D eigenvalue weighted by atomic mass is 9.98. The molecular weight excluding hydrogens is 585 g/mol. The van der Waals surface area contributed by atoms with Gasteiger partial charge in [0, 0.05) is 39.0 Å². The van der Waals surface area contributed by atoms with Crippen LogP contribution in [0.2, 0.25) is 0 Å². The van der Waals surface area contributed by atoms with Crippen molar-refractivity contribution in [1.29, 1.82) is 0 Å². The van der Waals surface area contributed by atoms with Crippen LogP contribution in [0.4, 0.5) is 0 Å². The van der Waals surface area contributed by atoms with Crippen molar-refractivity contribution in [3.8, 4) is 34.0 Å². The van der Waals surface area contributed by atoms with Crippen molar-refractivity contribution in [2.24, 2.45) is 0 Å². The molecule has 0 unspecified atom stereocenters. The number of aromatic nitrogens is 4. The minimum atomic E-state index is 0.659. The SMILES string of the molecule is c1ccc(-c2ccc3cc(-c4nc(-n5c6ccccc6c6cc7ccn(-c8ccccc8)c7cc65)nc5ccccc45)ccc3c2)cc1. The predicted octanol–water partition coefficient (Wildman–Crippen LogP) is 11.2. The maximum absolute atomic E-state index is 5.38. The second-order valence-corrected chi connectivity index (χ2v) is 12.3. The summed E-state index contributed by atoms with van der Waals surface area (Å²) in [4.78, 5) is 10.6. The highest BCUT2D eigenvalue weighted by Gasteiger charge is 2.19. The van der Waals surface area contributed by atoms with Gasteiger partial charge in [0.15, 0.2) is 0 Å². The molecule has 10 rings (SSSR count). The Balaban J connectivity index is 1.20. The summed E-state index contributed by atoms with van der Waals surface area (Å²) in [6, 6.07) is 58.1. The third kappa shape index (κ3) is 4.16. The largest absolute Gasteiger partial charge is 0.316 e. The van der Waals surface area contributed by atoms with Crippen LogP contribution in [0.3, 0.4) is 0 Å². The first-order valence-corrected chi connectivity index (χ1v) is 16.2. The van der Waals surface area contributed by atoms with E-state index >= 15 is 0 Å². The second-order valence-electron chi connectivity index (χ2n) is 12.3. The molecule has 0 saturated heterocycles. The van der Waals surface area contributed by atoms with E-state index in [2.05, 4.69) is 179 Å². The number of benzene rings is 7. The topological polar surface area (TPSA) is 35.6 Å². The van der Waals surface area contributed by atoms with E-state index in [4.69, 9.17) is 9.97 Å². The molecule has 3 aromatic heterocycles. The zero-order chi connectivity index (χ0) is 31.6. The molecule has 4 nitrogen and oxygen atoms in total. The molecule has 0 fully saturated rings. The van der Waals surface area contributed by atoms with Crippen molar-refractivity contribution in [2.45, 2.75) is 0 Å². The lowest BCUT2D eigenvalue weighted by Gasteiger charge is -2.13. The fourth-order valence-corrected chi connectivity index (χ4v) is 7.21. The van der Waals surface area contributed by atoms with Crippen LogP contribution in [0.15, 0.2) is 170 Å². The van der Waals surface area contributed by atoms with Gasteiger partial charge in [-0.05, 0) is 76.5 Å². The number of rotatable bonds is 4. The summed E-state index contributed by atoms with van der Waals surface area (Å²) in [6.07, 6.45) is 2.15. The van der Waals surface area contributed by atoms with Gasteiger partial charge in [-0.25, -0.2) is 9.97 Å². The molecule has 7 aromatic carbocycles. The van der Waals surface area contributed by atoms with E-state index in [0.29, 0.717) is 5.95 Å². The number of hydrogen-bond donors (Lipinski definition) is 0. The molecule has 0 N–H and O–H groups in total. The van der Waals surface area contributed by atoms with Crippen LogP contribution in [0.25, 0.3) is 88.4 Å². The van der Waals surface area contributed by atoms with E-state index in [1.165, 1.54) is 38.1 Å². The van der Waals surface area contributed by atoms with Crippen LogP contribution in [0.5, 0.6) is 0 Å². The van der Waals surface area contributed by atoms with Crippen LogP contribution in [-0.2, 0) is 0 Å². The summed E-state index contributed by atoms with van der Waals surface area (Å²) >= 11 is 0. The highest BCUT2D eigenvalue weighted by Crippen LogP contribution is 2.37. The van der Waals surface area contributed by atoms with Gasteiger partial charge in [-0.3, -0.25) is 4.57 Å². The smallest absolute Gasteiger partial charge is 0.235 e. The van der Waals surface area contributed by atoms with Crippen LogP contribution < -0.4 is 0 Å². The zero-order valence-electron chi connectivity index (χ0n) is 26.0. The Morgan fingerprint density at radius 2 is 1.08 bits per heavy atom. The Kier molecular flexibility index (Phi) is 5.84. The molecule has 4 heteroatoms. The van der Waals surface area contributed by atoms with Crippen molar-refractivity contribution < 1.29 is 0 Å². The maximum atomic E-state index is 5.38. The predicted molar refractivity (Wildman–Crippen MR) is 199 cm³/mol. The average molecular weight is 613 g/mol. The Morgan fingerprint density at radius 3 is 1.92 bits per heavy atom. The standard InChI is InChI=1S/C44H28N4/c1-3-11-29(12-4-1)30-19-20-32-26-34(22-21-31(32)25-30)43-37-16-7-9-17-39(37)45-44(46-43)48-40-18-10-8-15-36(40)38-27-33-23-24-47(41(33)28-42(38)48)35-13-5-2-6-14-35/h1-28H. The molecule has 3 heterocycles. The van der Waals surface area contributed by atoms with Crippen molar-refractivity contribution in [3.05, 3.63) is 170 Å². The monoisotopic (exact) mass is 612 g/mol. The van der Waals surface area contributed by atoms with Gasteiger partial charge in [0.25, 0.3) is 0 Å². The molecule has 0 spiro atoms. The third-order valence-corrected chi connectivity index (χ3v) is 9.53. The first-order valence-electron chi connectivity index (χ1n) is 16.2. The molecule has 0 aliphatic heterocycles.